The molecule has 0 amide bonds. The molecule has 0 fully saturated rings. The van der Waals surface area contributed by atoms with Gasteiger partial charge in [-0.2, -0.15) is 0 Å². The van der Waals surface area contributed by atoms with Crippen LogP contribution in [0.15, 0.2) is 23.4 Å². The normalized spacial score (nSPS) is 8.29. The van der Waals surface area contributed by atoms with Gasteiger partial charge in [0.1, 0.15) is 5.82 Å². The smallest absolute Gasteiger partial charge is 0.123 e. The first-order chi connectivity index (χ1) is 6.83. The fourth-order valence-corrected chi connectivity index (χ4v) is 0.794. The van der Waals surface area contributed by atoms with E-state index in [9.17, 15) is 0 Å². The van der Waals surface area contributed by atoms with Gasteiger partial charge in [-0.25, -0.2) is 4.98 Å². The average molecular weight is 187 g/mol. The monoisotopic (exact) mass is 187 g/mol. The molecule has 0 aliphatic heterocycles. The Kier molecular flexibility index (Phi) is 3.86. The lowest BCUT2D eigenvalue weighted by molar-refractivity contribution is 1.01. The Bertz CT molecular complexity index is 391. The minimum Gasteiger partial charge on any atom is -0.384 e. The highest BCUT2D eigenvalue weighted by molar-refractivity contribution is 5.37. The number of nitrogen functional groups attached to an aromatic ring is 1. The lowest BCUT2D eigenvalue weighted by Gasteiger charge is -1.90. The molecule has 0 saturated carbocycles. The number of hydrogen-bond acceptors (Lipinski definition) is 3. The zero-order valence-corrected chi connectivity index (χ0v) is 7.51. The van der Waals surface area contributed by atoms with E-state index >= 15 is 0 Å². The van der Waals surface area contributed by atoms with Crippen LogP contribution < -0.4 is 5.73 Å². The molecule has 0 bridgehead atoms. The first-order valence-corrected chi connectivity index (χ1v) is 4.04. The van der Waals surface area contributed by atoms with Crippen molar-refractivity contribution in [3.8, 4) is 11.8 Å². The lowest BCUT2D eigenvalue weighted by atomic mass is 10.3. The summed E-state index contributed by atoms with van der Waals surface area (Å²) in [6, 6.07) is 3.49. The maximum absolute atomic E-state index is 8.00. The molecule has 0 aliphatic carbocycles. The zero-order chi connectivity index (χ0) is 10.2. The van der Waals surface area contributed by atoms with Crippen molar-refractivity contribution in [3.63, 3.8) is 0 Å². The minimum absolute atomic E-state index is 0.395. The van der Waals surface area contributed by atoms with Crippen LogP contribution in [0, 0.1) is 11.8 Å². The molecule has 1 rings (SSSR count). The first kappa shape index (κ1) is 9.90. The van der Waals surface area contributed by atoms with Gasteiger partial charge < -0.3 is 5.73 Å². The summed E-state index contributed by atoms with van der Waals surface area (Å²) in [6.45, 7) is 0.395. The van der Waals surface area contributed by atoms with E-state index in [1.54, 1.807) is 18.3 Å². The van der Waals surface area contributed by atoms with Crippen LogP contribution in [0.5, 0.6) is 0 Å². The molecular formula is C9H9N5. The summed E-state index contributed by atoms with van der Waals surface area (Å²) in [5, 5.41) is 3.36. The van der Waals surface area contributed by atoms with Gasteiger partial charge in [0.25, 0.3) is 0 Å². The Morgan fingerprint density at radius 3 is 3.07 bits per heavy atom. The second kappa shape index (κ2) is 5.46. The van der Waals surface area contributed by atoms with Crippen molar-refractivity contribution in [3.05, 3.63) is 34.3 Å². The summed E-state index contributed by atoms with van der Waals surface area (Å²) in [6.07, 6.45) is 2.16. The Labute approximate surface area is 81.6 Å². The van der Waals surface area contributed by atoms with Crippen LogP contribution >= 0.6 is 0 Å². The van der Waals surface area contributed by atoms with Crippen molar-refractivity contribution in [1.29, 1.82) is 0 Å². The van der Waals surface area contributed by atoms with Crippen molar-refractivity contribution in [2.45, 2.75) is 6.42 Å². The molecule has 5 heteroatoms. The predicted octanol–water partition coefficient (Wildman–Crippen LogP) is 1.72. The van der Waals surface area contributed by atoms with Gasteiger partial charge in [0, 0.05) is 29.6 Å². The Morgan fingerprint density at radius 1 is 1.57 bits per heavy atom. The summed E-state index contributed by atoms with van der Waals surface area (Å²) in [5.41, 5.74) is 14.2. The predicted molar refractivity (Wildman–Crippen MR) is 54.2 cm³/mol. The van der Waals surface area contributed by atoms with E-state index < -0.39 is 0 Å². The SMILES string of the molecule is [N-]=[N+]=NCCC#Cc1ccc(N)nc1. The zero-order valence-electron chi connectivity index (χ0n) is 7.51. The van der Waals surface area contributed by atoms with E-state index in [4.69, 9.17) is 11.3 Å². The van der Waals surface area contributed by atoms with Crippen LogP contribution in [-0.4, -0.2) is 11.5 Å². The summed E-state index contributed by atoms with van der Waals surface area (Å²) in [7, 11) is 0. The van der Waals surface area contributed by atoms with Crippen LogP contribution in [0.1, 0.15) is 12.0 Å². The van der Waals surface area contributed by atoms with E-state index in [-0.39, 0.29) is 0 Å². The standard InChI is InChI=1S/C9H9N5/c10-9-5-4-8(7-12-9)3-1-2-6-13-14-11/h4-5,7H,2,6H2,(H2,10,12). The Hall–Kier alpha value is -2.18. The highest BCUT2D eigenvalue weighted by atomic mass is 15.1. The van der Waals surface area contributed by atoms with Crippen molar-refractivity contribution in [1.82, 2.24) is 4.98 Å². The minimum atomic E-state index is 0.395. The van der Waals surface area contributed by atoms with E-state index in [0.29, 0.717) is 18.8 Å². The third-order valence-corrected chi connectivity index (χ3v) is 1.42. The number of nitrogens with two attached hydrogens (primary N) is 1. The van der Waals surface area contributed by atoms with Crippen LogP contribution in [0.3, 0.4) is 0 Å². The molecule has 1 aromatic heterocycles. The molecule has 0 spiro atoms. The van der Waals surface area contributed by atoms with Crippen molar-refractivity contribution in [2.24, 2.45) is 5.11 Å². The Balaban J connectivity index is 2.51. The first-order valence-electron chi connectivity index (χ1n) is 4.04. The van der Waals surface area contributed by atoms with Gasteiger partial charge in [0.15, 0.2) is 0 Å². The molecule has 1 aromatic rings. The van der Waals surface area contributed by atoms with Crippen LogP contribution in [0.25, 0.3) is 10.4 Å². The molecule has 0 aromatic carbocycles. The van der Waals surface area contributed by atoms with Gasteiger partial charge in [0.2, 0.25) is 0 Å². The van der Waals surface area contributed by atoms with Gasteiger partial charge in [-0.3, -0.25) is 0 Å². The number of nitrogens with zero attached hydrogens (tertiary/aromatic N) is 4. The molecule has 2 N–H and O–H groups in total. The van der Waals surface area contributed by atoms with Crippen molar-refractivity contribution < 1.29 is 0 Å². The molecule has 0 aliphatic rings. The number of azide groups is 1. The average Bonchev–Trinajstić information content (AvgIpc) is 2.21. The second-order valence-corrected chi connectivity index (χ2v) is 2.48. The van der Waals surface area contributed by atoms with E-state index in [1.807, 2.05) is 0 Å². The van der Waals surface area contributed by atoms with Gasteiger partial charge in [-0.05, 0) is 17.7 Å². The quantitative estimate of drug-likeness (QED) is 0.251. The maximum atomic E-state index is 8.00. The van der Waals surface area contributed by atoms with E-state index in [2.05, 4.69) is 26.9 Å². The molecule has 0 radical (unpaired) electrons. The number of aromatic nitrogens is 1. The molecule has 0 unspecified atom stereocenters. The van der Waals surface area contributed by atoms with Crippen molar-refractivity contribution >= 4 is 5.82 Å². The molecule has 5 nitrogen and oxygen atoms in total. The molecule has 14 heavy (non-hydrogen) atoms. The molecule has 0 atom stereocenters. The maximum Gasteiger partial charge on any atom is 0.123 e. The molecule has 70 valence electrons. The van der Waals surface area contributed by atoms with E-state index in [1.165, 1.54) is 0 Å². The highest BCUT2D eigenvalue weighted by Gasteiger charge is 1.86. The largest absolute Gasteiger partial charge is 0.384 e. The van der Waals surface area contributed by atoms with Gasteiger partial charge >= 0.3 is 0 Å². The van der Waals surface area contributed by atoms with Gasteiger partial charge in [0.05, 0.1) is 0 Å². The lowest BCUT2D eigenvalue weighted by Crippen LogP contribution is -1.88. The molecule has 1 heterocycles. The third kappa shape index (κ3) is 3.48. The third-order valence-electron chi connectivity index (χ3n) is 1.42. The van der Waals surface area contributed by atoms with Gasteiger partial charge in [-0.15, -0.1) is 0 Å². The highest BCUT2D eigenvalue weighted by Crippen LogP contribution is 1.98. The fraction of sp³-hybridized carbons (Fsp3) is 0.222. The number of hydrogen-bond donors (Lipinski definition) is 1. The van der Waals surface area contributed by atoms with Crippen LogP contribution in [-0.2, 0) is 0 Å². The molecular weight excluding hydrogens is 178 g/mol. The summed E-state index contributed by atoms with van der Waals surface area (Å²) in [5.74, 6) is 6.22. The van der Waals surface area contributed by atoms with Crippen LogP contribution in [0.4, 0.5) is 5.82 Å². The van der Waals surface area contributed by atoms with Crippen molar-refractivity contribution in [2.75, 3.05) is 12.3 Å². The topological polar surface area (TPSA) is 87.7 Å². The van der Waals surface area contributed by atoms with Crippen LogP contribution in [0.2, 0.25) is 0 Å². The number of pyridine rings is 1. The van der Waals surface area contributed by atoms with E-state index in [0.717, 1.165) is 5.56 Å². The number of anilines is 1. The fourth-order valence-electron chi connectivity index (χ4n) is 0.794. The van der Waals surface area contributed by atoms with Gasteiger partial charge in [-0.1, -0.05) is 17.0 Å². The number of rotatable bonds is 2. The second-order valence-electron chi connectivity index (χ2n) is 2.48. The molecule has 0 saturated heterocycles. The Morgan fingerprint density at radius 2 is 2.43 bits per heavy atom. The summed E-state index contributed by atoms with van der Waals surface area (Å²) in [4.78, 5) is 6.51. The summed E-state index contributed by atoms with van der Waals surface area (Å²) >= 11 is 0. The summed E-state index contributed by atoms with van der Waals surface area (Å²) < 4.78 is 0.